The standard InChI is InChI=1S/C12H17NO2/c1-2-15-13-8-9-14-10-12(13)11-6-4-3-5-7-11/h3-7,12H,2,8-10H2,1H3/t12-/m1/s1. The maximum absolute atomic E-state index is 5.60. The van der Waals surface area contributed by atoms with E-state index in [-0.39, 0.29) is 6.04 Å². The zero-order valence-corrected chi connectivity index (χ0v) is 9.06. The van der Waals surface area contributed by atoms with Gasteiger partial charge in [0.15, 0.2) is 0 Å². The summed E-state index contributed by atoms with van der Waals surface area (Å²) < 4.78 is 5.49. The van der Waals surface area contributed by atoms with Crippen molar-refractivity contribution in [3.05, 3.63) is 35.9 Å². The van der Waals surface area contributed by atoms with Crippen LogP contribution in [0.1, 0.15) is 18.5 Å². The molecule has 0 spiro atoms. The largest absolute Gasteiger partial charge is 0.378 e. The van der Waals surface area contributed by atoms with Crippen molar-refractivity contribution in [3.63, 3.8) is 0 Å². The normalized spacial score (nSPS) is 22.9. The van der Waals surface area contributed by atoms with Crippen molar-refractivity contribution in [2.75, 3.05) is 26.4 Å². The van der Waals surface area contributed by atoms with Crippen LogP contribution < -0.4 is 0 Å². The van der Waals surface area contributed by atoms with E-state index in [1.165, 1.54) is 5.56 Å². The first-order valence-electron chi connectivity index (χ1n) is 5.44. The molecule has 0 N–H and O–H groups in total. The van der Waals surface area contributed by atoms with Crippen molar-refractivity contribution in [2.24, 2.45) is 0 Å². The highest BCUT2D eigenvalue weighted by atomic mass is 16.7. The predicted octanol–water partition coefficient (Wildman–Crippen LogP) is 2.01. The van der Waals surface area contributed by atoms with E-state index in [2.05, 4.69) is 12.1 Å². The Morgan fingerprint density at radius 3 is 2.93 bits per heavy atom. The fourth-order valence-corrected chi connectivity index (χ4v) is 1.85. The maximum atomic E-state index is 5.60. The second-order valence-corrected chi connectivity index (χ2v) is 3.56. The summed E-state index contributed by atoms with van der Waals surface area (Å²) in [5.74, 6) is 0. The van der Waals surface area contributed by atoms with Crippen molar-refractivity contribution in [1.29, 1.82) is 0 Å². The molecule has 0 saturated carbocycles. The van der Waals surface area contributed by atoms with Crippen molar-refractivity contribution < 1.29 is 9.57 Å². The van der Waals surface area contributed by atoms with Gasteiger partial charge in [-0.15, -0.1) is 0 Å². The van der Waals surface area contributed by atoms with Crippen molar-refractivity contribution in [1.82, 2.24) is 5.06 Å². The van der Waals surface area contributed by atoms with Gasteiger partial charge in [-0.25, -0.2) is 0 Å². The molecule has 0 bridgehead atoms. The van der Waals surface area contributed by atoms with Crippen LogP contribution in [0, 0.1) is 0 Å². The number of hydrogen-bond donors (Lipinski definition) is 0. The highest BCUT2D eigenvalue weighted by Crippen LogP contribution is 2.23. The quantitative estimate of drug-likeness (QED) is 0.756. The van der Waals surface area contributed by atoms with Crippen molar-refractivity contribution in [2.45, 2.75) is 13.0 Å². The lowest BCUT2D eigenvalue weighted by atomic mass is 10.1. The van der Waals surface area contributed by atoms with Gasteiger partial charge in [0.1, 0.15) is 0 Å². The lowest BCUT2D eigenvalue weighted by Crippen LogP contribution is -2.39. The minimum atomic E-state index is 0.236. The van der Waals surface area contributed by atoms with Crippen LogP contribution in [0.2, 0.25) is 0 Å². The minimum Gasteiger partial charge on any atom is -0.378 e. The summed E-state index contributed by atoms with van der Waals surface area (Å²) in [6, 6.07) is 10.6. The molecule has 0 amide bonds. The molecular formula is C12H17NO2. The molecule has 1 aliphatic heterocycles. The Hall–Kier alpha value is -0.900. The molecule has 15 heavy (non-hydrogen) atoms. The zero-order valence-electron chi connectivity index (χ0n) is 9.06. The van der Waals surface area contributed by atoms with Gasteiger partial charge in [-0.2, -0.15) is 5.06 Å². The lowest BCUT2D eigenvalue weighted by Gasteiger charge is -2.34. The smallest absolute Gasteiger partial charge is 0.0836 e. The van der Waals surface area contributed by atoms with Gasteiger partial charge in [-0.1, -0.05) is 30.3 Å². The van der Waals surface area contributed by atoms with Crippen LogP contribution >= 0.6 is 0 Å². The molecule has 0 aromatic heterocycles. The third-order valence-electron chi connectivity index (χ3n) is 2.56. The van der Waals surface area contributed by atoms with Gasteiger partial charge in [0.25, 0.3) is 0 Å². The number of morpholine rings is 1. The SMILES string of the molecule is CCON1CCOC[C@@H]1c1ccccc1. The molecule has 3 heteroatoms. The third kappa shape index (κ3) is 2.56. The Labute approximate surface area is 90.6 Å². The van der Waals surface area contributed by atoms with Crippen molar-refractivity contribution in [3.8, 4) is 0 Å². The Bertz CT molecular complexity index is 287. The summed E-state index contributed by atoms with van der Waals surface area (Å²) in [5, 5.41) is 2.03. The van der Waals surface area contributed by atoms with Crippen LogP contribution in [-0.2, 0) is 9.57 Å². The lowest BCUT2D eigenvalue weighted by molar-refractivity contribution is -0.224. The van der Waals surface area contributed by atoms with Crippen LogP contribution in [0.4, 0.5) is 0 Å². The van der Waals surface area contributed by atoms with E-state index in [1.54, 1.807) is 0 Å². The number of rotatable bonds is 3. The van der Waals surface area contributed by atoms with Gasteiger partial charge in [-0.05, 0) is 12.5 Å². The Morgan fingerprint density at radius 1 is 1.40 bits per heavy atom. The number of benzene rings is 1. The van der Waals surface area contributed by atoms with Crippen molar-refractivity contribution >= 4 is 0 Å². The molecule has 1 fully saturated rings. The van der Waals surface area contributed by atoms with Crippen LogP contribution in [0.25, 0.3) is 0 Å². The fraction of sp³-hybridized carbons (Fsp3) is 0.500. The molecule has 1 atom stereocenters. The van der Waals surface area contributed by atoms with Gasteiger partial charge in [0.05, 0.1) is 25.9 Å². The van der Waals surface area contributed by atoms with Gasteiger partial charge in [-0.3, -0.25) is 4.84 Å². The van der Waals surface area contributed by atoms with Gasteiger partial charge in [0.2, 0.25) is 0 Å². The third-order valence-corrected chi connectivity index (χ3v) is 2.56. The number of hydrogen-bond acceptors (Lipinski definition) is 3. The van der Waals surface area contributed by atoms with E-state index in [0.29, 0.717) is 13.2 Å². The monoisotopic (exact) mass is 207 g/mol. The predicted molar refractivity (Wildman–Crippen MR) is 58.3 cm³/mol. The summed E-state index contributed by atoms with van der Waals surface area (Å²) in [5.41, 5.74) is 1.26. The molecule has 1 saturated heterocycles. The number of nitrogens with zero attached hydrogens (tertiary/aromatic N) is 1. The first-order valence-corrected chi connectivity index (χ1v) is 5.44. The molecule has 0 radical (unpaired) electrons. The molecule has 82 valence electrons. The van der Waals surface area contributed by atoms with Crippen LogP contribution in [0.15, 0.2) is 30.3 Å². The van der Waals surface area contributed by atoms with E-state index in [4.69, 9.17) is 9.57 Å². The Kier molecular flexibility index (Phi) is 3.72. The van der Waals surface area contributed by atoms with E-state index in [1.807, 2.05) is 30.2 Å². The minimum absolute atomic E-state index is 0.236. The summed E-state index contributed by atoms with van der Waals surface area (Å²) in [7, 11) is 0. The molecule has 2 rings (SSSR count). The Balaban J connectivity index is 2.11. The summed E-state index contributed by atoms with van der Waals surface area (Å²) in [4.78, 5) is 5.60. The molecule has 0 unspecified atom stereocenters. The summed E-state index contributed by atoms with van der Waals surface area (Å²) >= 11 is 0. The molecule has 1 heterocycles. The van der Waals surface area contributed by atoms with E-state index < -0.39 is 0 Å². The van der Waals surface area contributed by atoms with Gasteiger partial charge >= 0.3 is 0 Å². The van der Waals surface area contributed by atoms with Crippen LogP contribution in [0.5, 0.6) is 0 Å². The van der Waals surface area contributed by atoms with Crippen LogP contribution in [-0.4, -0.2) is 31.4 Å². The molecular weight excluding hydrogens is 190 g/mol. The first-order chi connectivity index (χ1) is 7.42. The molecule has 1 aromatic rings. The van der Waals surface area contributed by atoms with Gasteiger partial charge in [0, 0.05) is 6.54 Å². The van der Waals surface area contributed by atoms with E-state index in [0.717, 1.165) is 13.2 Å². The highest BCUT2D eigenvalue weighted by Gasteiger charge is 2.24. The van der Waals surface area contributed by atoms with Gasteiger partial charge < -0.3 is 4.74 Å². The number of ether oxygens (including phenoxy) is 1. The second-order valence-electron chi connectivity index (χ2n) is 3.56. The van der Waals surface area contributed by atoms with Crippen LogP contribution in [0.3, 0.4) is 0 Å². The summed E-state index contributed by atoms with van der Waals surface area (Å²) in [6.07, 6.45) is 0. The average molecular weight is 207 g/mol. The molecule has 0 aliphatic carbocycles. The number of hydroxylamine groups is 2. The second kappa shape index (κ2) is 5.26. The highest BCUT2D eigenvalue weighted by molar-refractivity contribution is 5.19. The molecule has 3 nitrogen and oxygen atoms in total. The Morgan fingerprint density at radius 2 is 2.20 bits per heavy atom. The maximum Gasteiger partial charge on any atom is 0.0836 e. The van der Waals surface area contributed by atoms with E-state index >= 15 is 0 Å². The first kappa shape index (κ1) is 10.6. The van der Waals surface area contributed by atoms with E-state index in [9.17, 15) is 0 Å². The zero-order chi connectivity index (χ0) is 10.5. The molecule has 1 aliphatic rings. The average Bonchev–Trinajstić information content (AvgIpc) is 2.31. The summed E-state index contributed by atoms with van der Waals surface area (Å²) in [6.45, 7) is 5.03. The molecule has 1 aromatic carbocycles. The fourth-order valence-electron chi connectivity index (χ4n) is 1.85. The topological polar surface area (TPSA) is 21.7 Å².